The molecule has 1 N–H and O–H groups in total. The zero-order valence-electron chi connectivity index (χ0n) is 7.45. The maximum absolute atomic E-state index is 8.77. The summed E-state index contributed by atoms with van der Waals surface area (Å²) in [5.41, 5.74) is 0.943. The number of aliphatic hydroxyl groups is 1. The van der Waals surface area contributed by atoms with Crippen LogP contribution in [0.5, 0.6) is 5.75 Å². The lowest BCUT2D eigenvalue weighted by Gasteiger charge is -2.00. The van der Waals surface area contributed by atoms with Crippen LogP contribution in [0.2, 0.25) is 0 Å². The molecule has 11 heavy (non-hydrogen) atoms. The van der Waals surface area contributed by atoms with E-state index in [2.05, 4.69) is 0 Å². The van der Waals surface area contributed by atoms with Crippen LogP contribution in [0.3, 0.4) is 0 Å². The van der Waals surface area contributed by atoms with E-state index in [4.69, 9.17) is 11.2 Å². The molecule has 1 aromatic rings. The van der Waals surface area contributed by atoms with E-state index < -0.39 is 6.58 Å². The second-order valence-electron chi connectivity index (χ2n) is 2.23. The molecular formula is C9H12O2. The molecule has 0 heterocycles. The van der Waals surface area contributed by atoms with Crippen molar-refractivity contribution in [1.82, 2.24) is 0 Å². The Balaban J connectivity index is 2.65. The smallest absolute Gasteiger partial charge is 0.118 e. The number of hydrogen-bond acceptors (Lipinski definition) is 2. The fourth-order valence-corrected chi connectivity index (χ4v) is 0.867. The lowest BCUT2D eigenvalue weighted by atomic mass is 10.1. The van der Waals surface area contributed by atoms with E-state index in [1.807, 2.05) is 24.3 Å². The molecule has 1 aromatic carbocycles. The second kappa shape index (κ2) is 3.98. The van der Waals surface area contributed by atoms with Crippen LogP contribution in [0.25, 0.3) is 0 Å². The van der Waals surface area contributed by atoms with E-state index in [-0.39, 0.29) is 0 Å². The summed E-state index contributed by atoms with van der Waals surface area (Å²) >= 11 is 0. The molecule has 0 fully saturated rings. The first kappa shape index (κ1) is 6.68. The van der Waals surface area contributed by atoms with Gasteiger partial charge in [-0.15, -0.1) is 0 Å². The van der Waals surface area contributed by atoms with Crippen LogP contribution in [0.1, 0.15) is 6.93 Å². The normalized spacial score (nSPS) is 13.8. The van der Waals surface area contributed by atoms with Gasteiger partial charge in [0.1, 0.15) is 5.75 Å². The van der Waals surface area contributed by atoms with Crippen molar-refractivity contribution < 1.29 is 11.2 Å². The highest BCUT2D eigenvalue weighted by molar-refractivity contribution is 5.27. The van der Waals surface area contributed by atoms with E-state index in [0.717, 1.165) is 11.3 Å². The molecule has 0 amide bonds. The molecule has 0 bridgehead atoms. The average Bonchev–Trinajstić information content (AvgIpc) is 2.05. The summed E-state index contributed by atoms with van der Waals surface area (Å²) in [7, 11) is 1.61. The van der Waals surface area contributed by atoms with Crippen LogP contribution in [0.15, 0.2) is 24.3 Å². The lowest BCUT2D eigenvalue weighted by molar-refractivity contribution is 0.299. The highest BCUT2D eigenvalue weighted by Crippen LogP contribution is 2.10. The first-order valence-electron chi connectivity index (χ1n) is 4.03. The standard InChI is InChI=1S/C9H12O2/c1-11-9-4-2-8(3-5-9)6-7-10/h2-5,10H,6-7H2,1H3/i7D/t7-/m1/s1. The Morgan fingerprint density at radius 3 is 2.55 bits per heavy atom. The fourth-order valence-electron chi connectivity index (χ4n) is 0.867. The molecule has 0 saturated carbocycles. The minimum atomic E-state index is -1.03. The van der Waals surface area contributed by atoms with Gasteiger partial charge in [0.15, 0.2) is 0 Å². The third-order valence-electron chi connectivity index (χ3n) is 1.49. The summed E-state index contributed by atoms with van der Waals surface area (Å²) in [5, 5.41) is 8.77. The molecule has 0 aliphatic rings. The molecule has 1 rings (SSSR count). The van der Waals surface area contributed by atoms with Crippen molar-refractivity contribution in [2.24, 2.45) is 0 Å². The van der Waals surface area contributed by atoms with Gasteiger partial charge in [-0.3, -0.25) is 0 Å². The minimum absolute atomic E-state index is 0.365. The molecule has 0 spiro atoms. The number of rotatable bonds is 3. The summed E-state index contributed by atoms with van der Waals surface area (Å²) in [5.74, 6) is 0.790. The van der Waals surface area contributed by atoms with Gasteiger partial charge in [0.05, 0.1) is 8.48 Å². The van der Waals surface area contributed by atoms with Crippen molar-refractivity contribution in [2.75, 3.05) is 13.7 Å². The zero-order chi connectivity index (χ0) is 8.97. The number of aryl methyl sites for hydroxylation is 1. The molecule has 2 heteroatoms. The van der Waals surface area contributed by atoms with Crippen molar-refractivity contribution in [3.63, 3.8) is 0 Å². The van der Waals surface area contributed by atoms with Crippen molar-refractivity contribution in [3.05, 3.63) is 29.8 Å². The Morgan fingerprint density at radius 1 is 1.45 bits per heavy atom. The van der Waals surface area contributed by atoms with Crippen LogP contribution >= 0.6 is 0 Å². The summed E-state index contributed by atoms with van der Waals surface area (Å²) in [4.78, 5) is 0. The molecule has 0 aromatic heterocycles. The predicted octanol–water partition coefficient (Wildman–Crippen LogP) is 1.23. The minimum Gasteiger partial charge on any atom is -0.497 e. The molecule has 0 unspecified atom stereocenters. The summed E-state index contributed by atoms with van der Waals surface area (Å²) in [6.07, 6.45) is 0.365. The summed E-state index contributed by atoms with van der Waals surface area (Å²) < 4.78 is 11.9. The largest absolute Gasteiger partial charge is 0.497 e. The van der Waals surface area contributed by atoms with E-state index in [1.54, 1.807) is 7.11 Å². The van der Waals surface area contributed by atoms with Gasteiger partial charge in [0.2, 0.25) is 0 Å². The highest BCUT2D eigenvalue weighted by atomic mass is 16.5. The monoisotopic (exact) mass is 153 g/mol. The molecule has 0 aliphatic heterocycles. The van der Waals surface area contributed by atoms with Gasteiger partial charge in [-0.05, 0) is 24.1 Å². The highest BCUT2D eigenvalue weighted by Gasteiger charge is 1.91. The van der Waals surface area contributed by atoms with Crippen LogP contribution in [0, 0.1) is 0 Å². The first-order chi connectivity index (χ1) is 5.72. The van der Waals surface area contributed by atoms with Crippen molar-refractivity contribution in [3.8, 4) is 5.75 Å². The van der Waals surface area contributed by atoms with Gasteiger partial charge in [-0.1, -0.05) is 12.1 Å². The average molecular weight is 153 g/mol. The molecule has 0 radical (unpaired) electrons. The fraction of sp³-hybridized carbons (Fsp3) is 0.333. The number of methoxy groups -OCH3 is 1. The molecule has 0 aliphatic carbocycles. The number of benzene rings is 1. The van der Waals surface area contributed by atoms with Crippen molar-refractivity contribution in [2.45, 2.75) is 6.42 Å². The quantitative estimate of drug-likeness (QED) is 0.707. The SMILES string of the molecule is [2H][C@@H](O)Cc1ccc(OC)cc1. The molecular weight excluding hydrogens is 140 g/mol. The maximum Gasteiger partial charge on any atom is 0.118 e. The van der Waals surface area contributed by atoms with E-state index in [0.29, 0.717) is 6.42 Å². The van der Waals surface area contributed by atoms with Gasteiger partial charge >= 0.3 is 0 Å². The zero-order valence-corrected chi connectivity index (χ0v) is 6.45. The Bertz CT molecular complexity index is 231. The Morgan fingerprint density at radius 2 is 2.09 bits per heavy atom. The third kappa shape index (κ3) is 2.24. The number of hydrogen-bond donors (Lipinski definition) is 1. The van der Waals surface area contributed by atoms with Crippen LogP contribution in [-0.2, 0) is 6.42 Å². The van der Waals surface area contributed by atoms with Crippen LogP contribution in [0.4, 0.5) is 0 Å². The van der Waals surface area contributed by atoms with Gasteiger partial charge in [-0.25, -0.2) is 0 Å². The van der Waals surface area contributed by atoms with Gasteiger partial charge < -0.3 is 9.84 Å². The van der Waals surface area contributed by atoms with E-state index in [1.165, 1.54) is 0 Å². The van der Waals surface area contributed by atoms with Gasteiger partial charge in [0.25, 0.3) is 0 Å². The molecule has 0 saturated heterocycles. The number of aliphatic hydroxyl groups excluding tert-OH is 1. The van der Waals surface area contributed by atoms with Crippen molar-refractivity contribution >= 4 is 0 Å². The Kier molecular flexibility index (Phi) is 2.42. The molecule has 1 atom stereocenters. The van der Waals surface area contributed by atoms with Crippen LogP contribution in [-0.4, -0.2) is 18.8 Å². The second-order valence-corrected chi connectivity index (χ2v) is 2.23. The maximum atomic E-state index is 8.77. The topological polar surface area (TPSA) is 29.5 Å². The van der Waals surface area contributed by atoms with Gasteiger partial charge in [-0.2, -0.15) is 0 Å². The predicted molar refractivity (Wildman–Crippen MR) is 43.8 cm³/mol. The molecule has 60 valence electrons. The Labute approximate surface area is 67.8 Å². The van der Waals surface area contributed by atoms with Crippen LogP contribution < -0.4 is 4.74 Å². The Hall–Kier alpha value is -1.02. The lowest BCUT2D eigenvalue weighted by Crippen LogP contribution is -1.90. The van der Waals surface area contributed by atoms with Gasteiger partial charge in [0, 0.05) is 6.58 Å². The summed E-state index contributed by atoms with van der Waals surface area (Å²) in [6.45, 7) is -1.03. The molecule has 2 nitrogen and oxygen atoms in total. The van der Waals surface area contributed by atoms with Crippen molar-refractivity contribution in [1.29, 1.82) is 0 Å². The van der Waals surface area contributed by atoms with E-state index in [9.17, 15) is 0 Å². The first-order valence-corrected chi connectivity index (χ1v) is 3.45. The number of ether oxygens (including phenoxy) is 1. The summed E-state index contributed by atoms with van der Waals surface area (Å²) in [6, 6.07) is 7.32. The van der Waals surface area contributed by atoms with E-state index >= 15 is 0 Å². The third-order valence-corrected chi connectivity index (χ3v) is 1.49.